The van der Waals surface area contributed by atoms with Crippen molar-refractivity contribution in [3.05, 3.63) is 22.4 Å². The van der Waals surface area contributed by atoms with Crippen LogP contribution in [0.4, 0.5) is 0 Å². The third-order valence-corrected chi connectivity index (χ3v) is 3.57. The Morgan fingerprint density at radius 2 is 2.14 bits per heavy atom. The highest BCUT2D eigenvalue weighted by Crippen LogP contribution is 2.25. The average Bonchev–Trinajstić information content (AvgIpc) is 2.73. The van der Waals surface area contributed by atoms with Gasteiger partial charge in [0, 0.05) is 6.04 Å². The normalized spacial score (nSPS) is 13.4. The maximum atomic E-state index is 5.58. The minimum atomic E-state index is 0.325. The van der Waals surface area contributed by atoms with Crippen LogP contribution >= 0.6 is 11.3 Å². The summed E-state index contributed by atoms with van der Waals surface area (Å²) >= 11 is 1.73. The van der Waals surface area contributed by atoms with Gasteiger partial charge in [-0.05, 0) is 34.7 Å². The van der Waals surface area contributed by atoms with Crippen LogP contribution in [0.25, 0.3) is 0 Å². The van der Waals surface area contributed by atoms with Gasteiger partial charge < -0.3 is 0 Å². The second kappa shape index (κ2) is 6.17. The molecular weight excluding hydrogens is 192 g/mol. The van der Waals surface area contributed by atoms with Crippen LogP contribution in [0, 0.1) is 5.92 Å². The molecule has 3 heteroatoms. The van der Waals surface area contributed by atoms with E-state index in [2.05, 4.69) is 36.1 Å². The molecule has 1 atom stereocenters. The maximum Gasteiger partial charge on any atom is 0.0470 e. The summed E-state index contributed by atoms with van der Waals surface area (Å²) in [4.78, 5) is 0. The second-order valence-electron chi connectivity index (χ2n) is 3.69. The molecule has 1 aromatic heterocycles. The molecule has 3 N–H and O–H groups in total. The number of thiophene rings is 1. The van der Waals surface area contributed by atoms with Crippen molar-refractivity contribution in [2.24, 2.45) is 11.8 Å². The summed E-state index contributed by atoms with van der Waals surface area (Å²) < 4.78 is 0. The van der Waals surface area contributed by atoms with E-state index in [1.165, 1.54) is 18.4 Å². The Labute approximate surface area is 90.5 Å². The molecule has 0 saturated heterocycles. The van der Waals surface area contributed by atoms with Crippen molar-refractivity contribution >= 4 is 11.3 Å². The van der Waals surface area contributed by atoms with Gasteiger partial charge in [0.15, 0.2) is 0 Å². The lowest BCUT2D eigenvalue weighted by atomic mass is 9.92. The fourth-order valence-electron chi connectivity index (χ4n) is 1.73. The molecular formula is C11H20N2S. The van der Waals surface area contributed by atoms with E-state index in [9.17, 15) is 0 Å². The average molecular weight is 212 g/mol. The highest BCUT2D eigenvalue weighted by Gasteiger charge is 2.14. The third-order valence-electron chi connectivity index (χ3n) is 2.87. The van der Waals surface area contributed by atoms with E-state index in [4.69, 9.17) is 5.84 Å². The Balaban J connectivity index is 2.55. The number of nitrogens with two attached hydrogens (primary N) is 1. The van der Waals surface area contributed by atoms with Crippen LogP contribution in [0.5, 0.6) is 0 Å². The van der Waals surface area contributed by atoms with E-state index >= 15 is 0 Å². The van der Waals surface area contributed by atoms with E-state index in [-0.39, 0.29) is 0 Å². The van der Waals surface area contributed by atoms with Crippen molar-refractivity contribution in [3.8, 4) is 0 Å². The quantitative estimate of drug-likeness (QED) is 0.562. The minimum absolute atomic E-state index is 0.325. The van der Waals surface area contributed by atoms with E-state index in [0.29, 0.717) is 6.04 Å². The Bertz CT molecular complexity index is 229. The molecule has 0 amide bonds. The fourth-order valence-corrected chi connectivity index (χ4v) is 2.44. The maximum absolute atomic E-state index is 5.58. The minimum Gasteiger partial charge on any atom is -0.271 e. The second-order valence-corrected chi connectivity index (χ2v) is 4.47. The molecule has 0 fully saturated rings. The first-order chi connectivity index (χ1) is 6.81. The third kappa shape index (κ3) is 3.08. The van der Waals surface area contributed by atoms with Gasteiger partial charge in [0.1, 0.15) is 0 Å². The van der Waals surface area contributed by atoms with Crippen LogP contribution in [-0.4, -0.2) is 0 Å². The zero-order valence-electron chi connectivity index (χ0n) is 8.99. The van der Waals surface area contributed by atoms with Crippen LogP contribution in [0.15, 0.2) is 16.8 Å². The summed E-state index contributed by atoms with van der Waals surface area (Å²) in [5, 5.41) is 4.28. The Morgan fingerprint density at radius 3 is 2.57 bits per heavy atom. The molecule has 0 saturated carbocycles. The highest BCUT2D eigenvalue weighted by atomic mass is 32.1. The van der Waals surface area contributed by atoms with Gasteiger partial charge in [-0.15, -0.1) is 0 Å². The van der Waals surface area contributed by atoms with Crippen LogP contribution in [0.2, 0.25) is 0 Å². The standard InChI is InChI=1S/C11H20N2S/c1-3-9(4-2)7-11(13-12)10-5-6-14-8-10/h5-6,8-9,11,13H,3-4,7,12H2,1-2H3. The van der Waals surface area contributed by atoms with E-state index in [1.807, 2.05) is 0 Å². The van der Waals surface area contributed by atoms with E-state index in [1.54, 1.807) is 11.3 Å². The molecule has 0 spiro atoms. The number of rotatable bonds is 6. The summed E-state index contributed by atoms with van der Waals surface area (Å²) in [6.45, 7) is 4.49. The number of nitrogens with one attached hydrogen (secondary N) is 1. The van der Waals surface area contributed by atoms with Crippen LogP contribution in [0.1, 0.15) is 44.7 Å². The van der Waals surface area contributed by atoms with Gasteiger partial charge in [0.25, 0.3) is 0 Å². The fraction of sp³-hybridized carbons (Fsp3) is 0.636. The lowest BCUT2D eigenvalue weighted by molar-refractivity contribution is 0.375. The molecule has 1 rings (SSSR count). The molecule has 1 unspecified atom stereocenters. The molecule has 1 aromatic rings. The summed E-state index contributed by atoms with van der Waals surface area (Å²) in [6, 6.07) is 2.48. The van der Waals surface area contributed by atoms with Gasteiger partial charge in [-0.2, -0.15) is 11.3 Å². The molecule has 0 bridgehead atoms. The lowest BCUT2D eigenvalue weighted by Crippen LogP contribution is -2.29. The van der Waals surface area contributed by atoms with Crippen LogP contribution in [-0.2, 0) is 0 Å². The zero-order valence-corrected chi connectivity index (χ0v) is 9.81. The molecule has 0 aromatic carbocycles. The van der Waals surface area contributed by atoms with Gasteiger partial charge in [0.2, 0.25) is 0 Å². The van der Waals surface area contributed by atoms with Gasteiger partial charge in [-0.25, -0.2) is 0 Å². The molecule has 0 radical (unpaired) electrons. The largest absolute Gasteiger partial charge is 0.271 e. The molecule has 80 valence electrons. The molecule has 1 heterocycles. The Hall–Kier alpha value is -0.380. The predicted octanol–water partition coefficient (Wildman–Crippen LogP) is 3.08. The zero-order chi connectivity index (χ0) is 10.4. The smallest absolute Gasteiger partial charge is 0.0470 e. The van der Waals surface area contributed by atoms with Gasteiger partial charge >= 0.3 is 0 Å². The van der Waals surface area contributed by atoms with E-state index in [0.717, 1.165) is 12.3 Å². The SMILES string of the molecule is CCC(CC)CC(NN)c1ccsc1. The Kier molecular flexibility index (Phi) is 5.15. The monoisotopic (exact) mass is 212 g/mol. The number of hydrogen-bond donors (Lipinski definition) is 2. The van der Waals surface area contributed by atoms with Gasteiger partial charge in [0.05, 0.1) is 0 Å². The highest BCUT2D eigenvalue weighted by molar-refractivity contribution is 7.07. The predicted molar refractivity (Wildman–Crippen MR) is 63.1 cm³/mol. The summed E-state index contributed by atoms with van der Waals surface area (Å²) in [5.41, 5.74) is 4.23. The topological polar surface area (TPSA) is 38.0 Å². The Morgan fingerprint density at radius 1 is 1.43 bits per heavy atom. The van der Waals surface area contributed by atoms with Gasteiger partial charge in [-0.3, -0.25) is 11.3 Å². The summed E-state index contributed by atoms with van der Waals surface area (Å²) in [6.07, 6.45) is 3.61. The van der Waals surface area contributed by atoms with Crippen LogP contribution < -0.4 is 11.3 Å². The van der Waals surface area contributed by atoms with Crippen molar-refractivity contribution in [3.63, 3.8) is 0 Å². The van der Waals surface area contributed by atoms with Crippen molar-refractivity contribution in [2.75, 3.05) is 0 Å². The van der Waals surface area contributed by atoms with Crippen molar-refractivity contribution < 1.29 is 0 Å². The first kappa shape index (κ1) is 11.7. The first-order valence-electron chi connectivity index (χ1n) is 5.30. The first-order valence-corrected chi connectivity index (χ1v) is 6.24. The van der Waals surface area contributed by atoms with E-state index < -0.39 is 0 Å². The molecule has 0 aliphatic rings. The number of hydrazine groups is 1. The van der Waals surface area contributed by atoms with Gasteiger partial charge in [-0.1, -0.05) is 26.7 Å². The van der Waals surface area contributed by atoms with Crippen molar-refractivity contribution in [1.29, 1.82) is 0 Å². The molecule has 2 nitrogen and oxygen atoms in total. The summed E-state index contributed by atoms with van der Waals surface area (Å²) in [5.74, 6) is 6.35. The van der Waals surface area contributed by atoms with Crippen LogP contribution in [0.3, 0.4) is 0 Å². The van der Waals surface area contributed by atoms with Crippen molar-refractivity contribution in [1.82, 2.24) is 5.43 Å². The molecule has 0 aliphatic carbocycles. The lowest BCUT2D eigenvalue weighted by Gasteiger charge is -2.20. The number of hydrogen-bond acceptors (Lipinski definition) is 3. The summed E-state index contributed by atoms with van der Waals surface area (Å²) in [7, 11) is 0. The molecule has 0 aliphatic heterocycles. The van der Waals surface area contributed by atoms with Crippen molar-refractivity contribution in [2.45, 2.75) is 39.2 Å². The molecule has 14 heavy (non-hydrogen) atoms.